The first-order chi connectivity index (χ1) is 10.5. The molecular weight excluding hydrogens is 284 g/mol. The van der Waals surface area contributed by atoms with Gasteiger partial charge in [0, 0.05) is 17.5 Å². The van der Waals surface area contributed by atoms with Crippen LogP contribution in [0.2, 0.25) is 0 Å². The van der Waals surface area contributed by atoms with E-state index in [0.29, 0.717) is 11.1 Å². The van der Waals surface area contributed by atoms with Gasteiger partial charge in [-0.25, -0.2) is 4.79 Å². The summed E-state index contributed by atoms with van der Waals surface area (Å²) in [6, 6.07) is 5.43. The Morgan fingerprint density at radius 2 is 1.95 bits per heavy atom. The van der Waals surface area contributed by atoms with Crippen molar-refractivity contribution in [1.82, 2.24) is 5.32 Å². The number of amides is 2. The van der Waals surface area contributed by atoms with Crippen LogP contribution in [0.5, 0.6) is 0 Å². The molecule has 1 unspecified atom stereocenters. The molecule has 0 aliphatic heterocycles. The van der Waals surface area contributed by atoms with Crippen molar-refractivity contribution in [2.75, 3.05) is 6.61 Å². The van der Waals surface area contributed by atoms with Crippen LogP contribution >= 0.6 is 0 Å². The van der Waals surface area contributed by atoms with E-state index in [4.69, 9.17) is 16.9 Å². The van der Waals surface area contributed by atoms with Crippen molar-refractivity contribution < 1.29 is 19.1 Å². The number of esters is 1. The Morgan fingerprint density at radius 3 is 2.45 bits per heavy atom. The normalized spacial score (nSPS) is 11.1. The molecule has 2 amide bonds. The number of primary amides is 1. The van der Waals surface area contributed by atoms with Crippen LogP contribution in [0.25, 0.3) is 0 Å². The van der Waals surface area contributed by atoms with Gasteiger partial charge in [0.15, 0.2) is 0 Å². The molecule has 0 aliphatic rings. The zero-order valence-corrected chi connectivity index (χ0v) is 12.3. The Morgan fingerprint density at radius 1 is 1.32 bits per heavy atom. The Balaban J connectivity index is 2.77. The summed E-state index contributed by atoms with van der Waals surface area (Å²) in [7, 11) is 0. The van der Waals surface area contributed by atoms with Gasteiger partial charge in [0.2, 0.25) is 5.91 Å². The van der Waals surface area contributed by atoms with Gasteiger partial charge in [-0.3, -0.25) is 9.59 Å². The van der Waals surface area contributed by atoms with E-state index in [-0.39, 0.29) is 19.4 Å². The summed E-state index contributed by atoms with van der Waals surface area (Å²) in [6.07, 6.45) is 5.30. The molecule has 1 rings (SSSR count). The lowest BCUT2D eigenvalue weighted by molar-refractivity contribution is -0.145. The number of hydrogen-bond donors (Lipinski definition) is 2. The van der Waals surface area contributed by atoms with Crippen LogP contribution in [0.15, 0.2) is 24.3 Å². The van der Waals surface area contributed by atoms with E-state index in [0.717, 1.165) is 0 Å². The smallest absolute Gasteiger partial charge is 0.328 e. The average molecular weight is 302 g/mol. The van der Waals surface area contributed by atoms with E-state index >= 15 is 0 Å². The van der Waals surface area contributed by atoms with Crippen LogP contribution in [-0.2, 0) is 14.3 Å². The number of carbonyl (C=O) groups excluding carboxylic acids is 3. The van der Waals surface area contributed by atoms with Crippen LogP contribution in [0.3, 0.4) is 0 Å². The summed E-state index contributed by atoms with van der Waals surface area (Å²) in [5, 5.41) is 2.54. The van der Waals surface area contributed by atoms with Crippen molar-refractivity contribution in [3.05, 3.63) is 35.4 Å². The highest BCUT2D eigenvalue weighted by atomic mass is 16.5. The molecule has 22 heavy (non-hydrogen) atoms. The highest BCUT2D eigenvalue weighted by molar-refractivity contribution is 5.97. The molecule has 1 atom stereocenters. The van der Waals surface area contributed by atoms with Crippen molar-refractivity contribution >= 4 is 17.8 Å². The highest BCUT2D eigenvalue weighted by Crippen LogP contribution is 2.06. The Labute approximate surface area is 129 Å². The number of hydrogen-bond acceptors (Lipinski definition) is 4. The third-order valence-electron chi connectivity index (χ3n) is 2.87. The Hall–Kier alpha value is -2.81. The second-order valence-corrected chi connectivity index (χ2v) is 4.50. The second-order valence-electron chi connectivity index (χ2n) is 4.50. The molecule has 0 aromatic heterocycles. The van der Waals surface area contributed by atoms with E-state index in [1.807, 2.05) is 0 Å². The quantitative estimate of drug-likeness (QED) is 0.569. The molecule has 0 bridgehead atoms. The maximum atomic E-state index is 12.1. The van der Waals surface area contributed by atoms with Crippen molar-refractivity contribution in [1.29, 1.82) is 0 Å². The fraction of sp³-hybridized carbons (Fsp3) is 0.312. The first kappa shape index (κ1) is 17.2. The fourth-order valence-corrected chi connectivity index (χ4v) is 1.74. The van der Waals surface area contributed by atoms with Crippen molar-refractivity contribution in [2.45, 2.75) is 25.8 Å². The van der Waals surface area contributed by atoms with Gasteiger partial charge in [-0.05, 0) is 37.6 Å². The number of benzene rings is 1. The molecular formula is C16H18N2O4. The van der Waals surface area contributed by atoms with Crippen LogP contribution in [0, 0.1) is 12.3 Å². The minimum atomic E-state index is -0.924. The van der Waals surface area contributed by atoms with Gasteiger partial charge in [-0.15, -0.1) is 6.42 Å². The molecule has 1 aromatic rings. The Bertz CT molecular complexity index is 587. The van der Waals surface area contributed by atoms with Crippen LogP contribution in [-0.4, -0.2) is 30.4 Å². The number of nitrogens with one attached hydrogen (secondary N) is 1. The predicted molar refractivity (Wildman–Crippen MR) is 80.7 cm³/mol. The molecule has 6 nitrogen and oxygen atoms in total. The van der Waals surface area contributed by atoms with Crippen LogP contribution in [0.1, 0.15) is 35.7 Å². The molecule has 116 valence electrons. The van der Waals surface area contributed by atoms with E-state index in [2.05, 4.69) is 11.2 Å². The van der Waals surface area contributed by atoms with Gasteiger partial charge in [0.1, 0.15) is 6.04 Å². The lowest BCUT2D eigenvalue weighted by atomic mass is 10.1. The van der Waals surface area contributed by atoms with Crippen molar-refractivity contribution in [2.24, 2.45) is 5.73 Å². The van der Waals surface area contributed by atoms with Gasteiger partial charge < -0.3 is 15.8 Å². The van der Waals surface area contributed by atoms with Gasteiger partial charge in [-0.2, -0.15) is 0 Å². The number of nitrogens with two attached hydrogens (primary N) is 1. The van der Waals surface area contributed by atoms with Gasteiger partial charge >= 0.3 is 5.97 Å². The van der Waals surface area contributed by atoms with Crippen molar-refractivity contribution in [3.63, 3.8) is 0 Å². The first-order valence-corrected chi connectivity index (χ1v) is 6.80. The number of rotatable bonds is 7. The van der Waals surface area contributed by atoms with E-state index < -0.39 is 23.8 Å². The third kappa shape index (κ3) is 5.29. The van der Waals surface area contributed by atoms with Gasteiger partial charge in [0.25, 0.3) is 5.91 Å². The zero-order chi connectivity index (χ0) is 16.5. The van der Waals surface area contributed by atoms with Gasteiger partial charge in [-0.1, -0.05) is 5.92 Å². The molecule has 1 aromatic carbocycles. The SMILES string of the molecule is C#Cc1ccc(C(=O)NC(CCC(N)=O)C(=O)OCC)cc1. The minimum Gasteiger partial charge on any atom is -0.464 e. The number of terminal acetylenes is 1. The van der Waals surface area contributed by atoms with E-state index in [9.17, 15) is 14.4 Å². The third-order valence-corrected chi connectivity index (χ3v) is 2.87. The molecule has 3 N–H and O–H groups in total. The molecule has 0 fully saturated rings. The maximum absolute atomic E-state index is 12.1. The lowest BCUT2D eigenvalue weighted by Crippen LogP contribution is -2.42. The highest BCUT2D eigenvalue weighted by Gasteiger charge is 2.23. The van der Waals surface area contributed by atoms with E-state index in [1.54, 1.807) is 31.2 Å². The molecule has 0 aliphatic carbocycles. The molecule has 0 saturated heterocycles. The average Bonchev–Trinajstić information content (AvgIpc) is 2.51. The predicted octanol–water partition coefficient (Wildman–Crippen LogP) is 0.595. The summed E-state index contributed by atoms with van der Waals surface area (Å²) < 4.78 is 4.88. The first-order valence-electron chi connectivity index (χ1n) is 6.80. The maximum Gasteiger partial charge on any atom is 0.328 e. The standard InChI is InChI=1S/C16H18N2O4/c1-3-11-5-7-12(8-6-11)15(20)18-13(9-10-14(17)19)16(21)22-4-2/h1,5-8,13H,4,9-10H2,2H3,(H2,17,19)(H,18,20). The lowest BCUT2D eigenvalue weighted by Gasteiger charge is -2.16. The molecule has 6 heteroatoms. The Kier molecular flexibility index (Phi) is 6.64. The largest absolute Gasteiger partial charge is 0.464 e. The summed E-state index contributed by atoms with van der Waals surface area (Å²) >= 11 is 0. The minimum absolute atomic E-state index is 0.0280. The molecule has 0 spiro atoms. The summed E-state index contributed by atoms with van der Waals surface area (Å²) in [4.78, 5) is 34.8. The summed E-state index contributed by atoms with van der Waals surface area (Å²) in [6.45, 7) is 1.84. The van der Waals surface area contributed by atoms with E-state index in [1.165, 1.54) is 0 Å². The number of carbonyl (C=O) groups is 3. The fourth-order valence-electron chi connectivity index (χ4n) is 1.74. The summed E-state index contributed by atoms with van der Waals surface area (Å²) in [5.41, 5.74) is 6.07. The molecule has 0 radical (unpaired) electrons. The number of ether oxygens (including phenoxy) is 1. The molecule has 0 saturated carbocycles. The topological polar surface area (TPSA) is 98.5 Å². The monoisotopic (exact) mass is 302 g/mol. The van der Waals surface area contributed by atoms with Crippen LogP contribution < -0.4 is 11.1 Å². The van der Waals surface area contributed by atoms with Crippen molar-refractivity contribution in [3.8, 4) is 12.3 Å². The van der Waals surface area contributed by atoms with Gasteiger partial charge in [0.05, 0.1) is 6.61 Å². The zero-order valence-electron chi connectivity index (χ0n) is 12.3. The van der Waals surface area contributed by atoms with Crippen LogP contribution in [0.4, 0.5) is 0 Å². The second kappa shape index (κ2) is 8.47. The molecule has 0 heterocycles. The summed E-state index contributed by atoms with van der Waals surface area (Å²) in [5.74, 6) is 0.838.